The molecule has 0 radical (unpaired) electrons. The van der Waals surface area contributed by atoms with Gasteiger partial charge in [0.2, 0.25) is 0 Å². The van der Waals surface area contributed by atoms with Crippen molar-refractivity contribution in [1.82, 2.24) is 15.2 Å². The molecule has 1 aromatic rings. The molecular weight excluding hydrogens is 247 g/mol. The van der Waals surface area contributed by atoms with Gasteiger partial charge in [0, 0.05) is 25.3 Å². The number of hydrogen-bond donors (Lipinski definition) is 1. The van der Waals surface area contributed by atoms with Crippen LogP contribution in [0.15, 0.2) is 18.5 Å². The molecule has 1 amide bonds. The van der Waals surface area contributed by atoms with Crippen molar-refractivity contribution in [3.8, 4) is 6.07 Å². The molecule has 0 saturated carbocycles. The minimum absolute atomic E-state index is 0.0226. The number of nitrogens with zero attached hydrogens (tertiary/aromatic N) is 3. The minimum atomic E-state index is -0.609. The van der Waals surface area contributed by atoms with E-state index in [0.29, 0.717) is 6.54 Å². The Morgan fingerprint density at radius 1 is 1.58 bits per heavy atom. The lowest BCUT2D eigenvalue weighted by molar-refractivity contribution is 0.0910. The van der Waals surface area contributed by atoms with Crippen LogP contribution < -0.4 is 5.32 Å². The van der Waals surface area contributed by atoms with Gasteiger partial charge in [-0.25, -0.2) is 4.39 Å². The van der Waals surface area contributed by atoms with Crippen LogP contribution in [-0.4, -0.2) is 41.5 Å². The Hall–Kier alpha value is -2.00. The molecule has 100 valence electrons. The highest BCUT2D eigenvalue weighted by Crippen LogP contribution is 2.11. The zero-order valence-corrected chi connectivity index (χ0v) is 10.5. The molecule has 5 nitrogen and oxygen atoms in total. The second-order valence-electron chi connectivity index (χ2n) is 4.54. The van der Waals surface area contributed by atoms with E-state index in [2.05, 4.69) is 16.4 Å². The molecule has 2 rings (SSSR count). The molecule has 19 heavy (non-hydrogen) atoms. The second kappa shape index (κ2) is 6.25. The molecule has 1 saturated heterocycles. The molecule has 0 bridgehead atoms. The lowest BCUT2D eigenvalue weighted by Gasteiger charge is -2.30. The lowest BCUT2D eigenvalue weighted by Crippen LogP contribution is -2.44. The number of hydrogen-bond acceptors (Lipinski definition) is 4. The average Bonchev–Trinajstić information content (AvgIpc) is 2.42. The summed E-state index contributed by atoms with van der Waals surface area (Å²) in [7, 11) is 0. The maximum atomic E-state index is 13.4. The summed E-state index contributed by atoms with van der Waals surface area (Å²) < 4.78 is 13.4. The van der Waals surface area contributed by atoms with E-state index in [1.54, 1.807) is 0 Å². The van der Waals surface area contributed by atoms with Crippen molar-refractivity contribution in [3.05, 3.63) is 29.8 Å². The number of pyridine rings is 1. The van der Waals surface area contributed by atoms with E-state index >= 15 is 0 Å². The Morgan fingerprint density at radius 3 is 2.95 bits per heavy atom. The van der Waals surface area contributed by atoms with Crippen molar-refractivity contribution in [2.24, 2.45) is 0 Å². The normalized spacial score (nSPS) is 16.8. The van der Waals surface area contributed by atoms with Gasteiger partial charge >= 0.3 is 0 Å². The van der Waals surface area contributed by atoms with E-state index < -0.39 is 11.7 Å². The van der Waals surface area contributed by atoms with Crippen molar-refractivity contribution in [3.63, 3.8) is 0 Å². The third kappa shape index (κ3) is 3.48. The Morgan fingerprint density at radius 2 is 2.32 bits per heavy atom. The highest BCUT2D eigenvalue weighted by molar-refractivity contribution is 5.94. The predicted molar refractivity (Wildman–Crippen MR) is 66.7 cm³/mol. The number of aromatic nitrogens is 1. The topological polar surface area (TPSA) is 69.0 Å². The number of halogens is 1. The fraction of sp³-hybridized carbons (Fsp3) is 0.462. The third-order valence-corrected chi connectivity index (χ3v) is 3.23. The van der Waals surface area contributed by atoms with Gasteiger partial charge in [0.05, 0.1) is 24.4 Å². The van der Waals surface area contributed by atoms with Gasteiger partial charge in [-0.3, -0.25) is 14.7 Å². The summed E-state index contributed by atoms with van der Waals surface area (Å²) in [6.07, 6.45) is 3.98. The highest BCUT2D eigenvalue weighted by Gasteiger charge is 2.21. The van der Waals surface area contributed by atoms with Gasteiger partial charge in [0.15, 0.2) is 5.82 Å². The van der Waals surface area contributed by atoms with Crippen molar-refractivity contribution >= 4 is 5.91 Å². The van der Waals surface area contributed by atoms with Gasteiger partial charge in [-0.05, 0) is 18.9 Å². The summed E-state index contributed by atoms with van der Waals surface area (Å²) >= 11 is 0. The number of amides is 1. The van der Waals surface area contributed by atoms with E-state index in [0.717, 1.165) is 32.1 Å². The molecular formula is C13H15FN4O. The highest BCUT2D eigenvalue weighted by atomic mass is 19.1. The maximum Gasteiger partial charge on any atom is 0.254 e. The third-order valence-electron chi connectivity index (χ3n) is 3.23. The van der Waals surface area contributed by atoms with Gasteiger partial charge in [-0.1, -0.05) is 0 Å². The van der Waals surface area contributed by atoms with Crippen LogP contribution in [0.3, 0.4) is 0 Å². The molecule has 1 aliphatic rings. The first-order valence-electron chi connectivity index (χ1n) is 6.20. The van der Waals surface area contributed by atoms with Gasteiger partial charge in [-0.15, -0.1) is 0 Å². The molecule has 0 spiro atoms. The first-order valence-corrected chi connectivity index (χ1v) is 6.20. The molecule has 1 aliphatic heterocycles. The Balaban J connectivity index is 1.88. The van der Waals surface area contributed by atoms with E-state index in [1.807, 2.05) is 4.90 Å². The van der Waals surface area contributed by atoms with E-state index in [-0.39, 0.29) is 11.6 Å². The first-order chi connectivity index (χ1) is 9.20. The molecule has 0 aromatic carbocycles. The van der Waals surface area contributed by atoms with E-state index in [4.69, 9.17) is 5.26 Å². The van der Waals surface area contributed by atoms with Crippen molar-refractivity contribution in [1.29, 1.82) is 5.26 Å². The summed E-state index contributed by atoms with van der Waals surface area (Å²) in [6.45, 7) is 1.97. The van der Waals surface area contributed by atoms with Crippen LogP contribution in [0.4, 0.5) is 4.39 Å². The predicted octanol–water partition coefficient (Wildman–Crippen LogP) is 0.938. The standard InChI is InChI=1S/C13H15FN4O/c14-12-9-16-5-1-11(12)13(19)17-10-2-6-18(7-3-10)8-4-15/h1,5,9-10H,2-3,6-8H2,(H,17,19). The Kier molecular flexibility index (Phi) is 4.42. The second-order valence-corrected chi connectivity index (χ2v) is 4.54. The molecule has 0 unspecified atom stereocenters. The Bertz CT molecular complexity index is 492. The summed E-state index contributed by atoms with van der Waals surface area (Å²) in [5.41, 5.74) is 0.0226. The van der Waals surface area contributed by atoms with E-state index in [1.165, 1.54) is 12.3 Å². The number of piperidine rings is 1. The summed E-state index contributed by atoms with van der Waals surface area (Å²) in [5, 5.41) is 11.4. The van der Waals surface area contributed by atoms with Gasteiger partial charge < -0.3 is 5.32 Å². The average molecular weight is 262 g/mol. The number of likely N-dealkylation sites (tertiary alicyclic amines) is 1. The quantitative estimate of drug-likeness (QED) is 0.823. The SMILES string of the molecule is N#CCN1CCC(NC(=O)c2ccncc2F)CC1. The number of carbonyl (C=O) groups is 1. The van der Waals surface area contributed by atoms with Crippen molar-refractivity contribution in [2.75, 3.05) is 19.6 Å². The van der Waals surface area contributed by atoms with Gasteiger partial charge in [0.25, 0.3) is 5.91 Å². The summed E-state index contributed by atoms with van der Waals surface area (Å²) in [6, 6.07) is 3.52. The number of nitriles is 1. The van der Waals surface area contributed by atoms with Crippen LogP contribution in [-0.2, 0) is 0 Å². The van der Waals surface area contributed by atoms with Crippen molar-refractivity contribution in [2.45, 2.75) is 18.9 Å². The molecule has 1 aromatic heterocycles. The largest absolute Gasteiger partial charge is 0.349 e. The van der Waals surface area contributed by atoms with Crippen LogP contribution in [0.5, 0.6) is 0 Å². The smallest absolute Gasteiger partial charge is 0.254 e. The fourth-order valence-corrected chi connectivity index (χ4v) is 2.16. The van der Waals surface area contributed by atoms with E-state index in [9.17, 15) is 9.18 Å². The molecule has 1 fully saturated rings. The summed E-state index contributed by atoms with van der Waals surface area (Å²) in [5.74, 6) is -1.01. The molecule has 0 atom stereocenters. The summed E-state index contributed by atoms with van der Waals surface area (Å²) in [4.78, 5) is 17.5. The van der Waals surface area contributed by atoms with Crippen LogP contribution in [0, 0.1) is 17.1 Å². The zero-order chi connectivity index (χ0) is 13.7. The molecule has 0 aliphatic carbocycles. The van der Waals surface area contributed by atoms with Crippen LogP contribution in [0.1, 0.15) is 23.2 Å². The monoisotopic (exact) mass is 262 g/mol. The molecule has 1 N–H and O–H groups in total. The van der Waals surface area contributed by atoms with Gasteiger partial charge in [-0.2, -0.15) is 5.26 Å². The zero-order valence-electron chi connectivity index (χ0n) is 10.5. The fourth-order valence-electron chi connectivity index (χ4n) is 2.16. The molecule has 6 heteroatoms. The minimum Gasteiger partial charge on any atom is -0.349 e. The number of nitrogens with one attached hydrogen (secondary N) is 1. The first kappa shape index (κ1) is 13.4. The van der Waals surface area contributed by atoms with Crippen LogP contribution in [0.25, 0.3) is 0 Å². The van der Waals surface area contributed by atoms with Crippen molar-refractivity contribution < 1.29 is 9.18 Å². The Labute approximate surface area is 111 Å². The number of rotatable bonds is 3. The molecule has 2 heterocycles. The van der Waals surface area contributed by atoms with Crippen LogP contribution >= 0.6 is 0 Å². The maximum absolute atomic E-state index is 13.4. The number of carbonyl (C=O) groups excluding carboxylic acids is 1. The van der Waals surface area contributed by atoms with Crippen LogP contribution in [0.2, 0.25) is 0 Å². The lowest BCUT2D eigenvalue weighted by atomic mass is 10.0. The van der Waals surface area contributed by atoms with Gasteiger partial charge in [0.1, 0.15) is 0 Å².